The normalized spacial score (nSPS) is 25.0. The zero-order valence-corrected chi connectivity index (χ0v) is 12.8. The van der Waals surface area contributed by atoms with Gasteiger partial charge >= 0.3 is 0 Å². The summed E-state index contributed by atoms with van der Waals surface area (Å²) >= 11 is 0. The number of nitrogen functional groups attached to an aromatic ring is 1. The van der Waals surface area contributed by atoms with Gasteiger partial charge in [0.05, 0.1) is 13.2 Å². The highest BCUT2D eigenvalue weighted by atomic mass is 16.5. The molecule has 2 fully saturated rings. The first-order valence-electron chi connectivity index (χ1n) is 7.65. The summed E-state index contributed by atoms with van der Waals surface area (Å²) in [6.07, 6.45) is 3.61. The maximum Gasteiger partial charge on any atom is 0.232 e. The maximum absolute atomic E-state index is 5.85. The molecule has 0 amide bonds. The molecule has 2 heterocycles. The van der Waals surface area contributed by atoms with Crippen molar-refractivity contribution in [2.75, 3.05) is 42.3 Å². The molecule has 0 aromatic carbocycles. The van der Waals surface area contributed by atoms with Gasteiger partial charge in [0, 0.05) is 19.1 Å². The van der Waals surface area contributed by atoms with E-state index >= 15 is 0 Å². The zero-order valence-electron chi connectivity index (χ0n) is 12.8. The molecule has 3 N–H and O–H groups in total. The molecular weight excluding hydrogens is 268 g/mol. The van der Waals surface area contributed by atoms with Crippen LogP contribution in [0.25, 0.3) is 0 Å². The van der Waals surface area contributed by atoms with Crippen molar-refractivity contribution in [3.8, 4) is 0 Å². The van der Waals surface area contributed by atoms with Crippen molar-refractivity contribution in [3.05, 3.63) is 0 Å². The number of rotatable bonds is 3. The second-order valence-corrected chi connectivity index (χ2v) is 6.49. The van der Waals surface area contributed by atoms with Crippen LogP contribution >= 0.6 is 0 Å². The van der Waals surface area contributed by atoms with Crippen LogP contribution in [0.2, 0.25) is 0 Å². The lowest BCUT2D eigenvalue weighted by atomic mass is 9.87. The summed E-state index contributed by atoms with van der Waals surface area (Å²) in [5.41, 5.74) is 6.11. The van der Waals surface area contributed by atoms with E-state index in [1.54, 1.807) is 0 Å². The van der Waals surface area contributed by atoms with Crippen molar-refractivity contribution in [1.82, 2.24) is 15.0 Å². The van der Waals surface area contributed by atoms with Gasteiger partial charge < -0.3 is 20.7 Å². The van der Waals surface area contributed by atoms with Crippen molar-refractivity contribution in [1.29, 1.82) is 0 Å². The Morgan fingerprint density at radius 1 is 1.24 bits per heavy atom. The number of anilines is 3. The Balaban J connectivity index is 1.77. The first kappa shape index (κ1) is 14.3. The van der Waals surface area contributed by atoms with E-state index in [0.717, 1.165) is 19.5 Å². The van der Waals surface area contributed by atoms with Gasteiger partial charge in [0.15, 0.2) is 0 Å². The summed E-state index contributed by atoms with van der Waals surface area (Å²) < 4.78 is 5.36. The summed E-state index contributed by atoms with van der Waals surface area (Å²) in [7, 11) is 0. The van der Waals surface area contributed by atoms with E-state index in [1.165, 1.54) is 12.8 Å². The number of nitrogens with zero attached hydrogens (tertiary/aromatic N) is 4. The van der Waals surface area contributed by atoms with Gasteiger partial charge in [-0.1, -0.05) is 20.3 Å². The highest BCUT2D eigenvalue weighted by Crippen LogP contribution is 2.38. The fraction of sp³-hybridized carbons (Fsp3) is 0.786. The summed E-state index contributed by atoms with van der Waals surface area (Å²) in [4.78, 5) is 15.1. The third kappa shape index (κ3) is 3.18. The number of hydrogen-bond acceptors (Lipinski definition) is 7. The predicted molar refractivity (Wildman–Crippen MR) is 82.3 cm³/mol. The van der Waals surface area contributed by atoms with Crippen LogP contribution in [0.1, 0.15) is 33.1 Å². The van der Waals surface area contributed by atoms with Gasteiger partial charge in [-0.05, 0) is 18.3 Å². The lowest BCUT2D eigenvalue weighted by Gasteiger charge is -2.29. The van der Waals surface area contributed by atoms with E-state index in [1.807, 2.05) is 0 Å². The molecular formula is C14H24N6O. The molecule has 7 nitrogen and oxygen atoms in total. The Kier molecular flexibility index (Phi) is 3.84. The Hall–Kier alpha value is -1.63. The molecule has 1 saturated heterocycles. The van der Waals surface area contributed by atoms with Crippen LogP contribution < -0.4 is 16.0 Å². The van der Waals surface area contributed by atoms with Crippen LogP contribution in [0.15, 0.2) is 0 Å². The minimum atomic E-state index is 0.264. The van der Waals surface area contributed by atoms with Crippen molar-refractivity contribution in [2.24, 2.45) is 5.41 Å². The van der Waals surface area contributed by atoms with Crippen molar-refractivity contribution >= 4 is 17.8 Å². The minimum absolute atomic E-state index is 0.264. The van der Waals surface area contributed by atoms with Gasteiger partial charge in [0.1, 0.15) is 0 Å². The molecule has 7 heteroatoms. The minimum Gasteiger partial charge on any atom is -0.378 e. The first-order valence-corrected chi connectivity index (χ1v) is 7.65. The van der Waals surface area contributed by atoms with Crippen molar-refractivity contribution < 1.29 is 4.74 Å². The third-order valence-electron chi connectivity index (χ3n) is 4.50. The zero-order chi connectivity index (χ0) is 14.9. The quantitative estimate of drug-likeness (QED) is 0.867. The Labute approximate surface area is 125 Å². The summed E-state index contributed by atoms with van der Waals surface area (Å²) in [5.74, 6) is 1.50. The third-order valence-corrected chi connectivity index (χ3v) is 4.50. The Bertz CT molecular complexity index is 500. The van der Waals surface area contributed by atoms with Gasteiger partial charge in [-0.3, -0.25) is 0 Å². The van der Waals surface area contributed by atoms with Crippen LogP contribution in [0.3, 0.4) is 0 Å². The van der Waals surface area contributed by atoms with Gasteiger partial charge in [0.2, 0.25) is 17.8 Å². The molecule has 21 heavy (non-hydrogen) atoms. The lowest BCUT2D eigenvalue weighted by Crippen LogP contribution is -2.38. The molecule has 1 unspecified atom stereocenters. The monoisotopic (exact) mass is 292 g/mol. The van der Waals surface area contributed by atoms with Gasteiger partial charge in [0.25, 0.3) is 0 Å². The SMILES string of the molecule is CC1(C)CCCC1Nc1nc(N)nc(N2CCOCC2)n1. The molecule has 0 bridgehead atoms. The second-order valence-electron chi connectivity index (χ2n) is 6.49. The highest BCUT2D eigenvalue weighted by Gasteiger charge is 2.35. The Morgan fingerprint density at radius 3 is 2.67 bits per heavy atom. The predicted octanol–water partition coefficient (Wildman–Crippen LogP) is 1.28. The van der Waals surface area contributed by atoms with Crippen LogP contribution in [0.5, 0.6) is 0 Å². The number of hydrogen-bond donors (Lipinski definition) is 2. The summed E-state index contributed by atoms with van der Waals surface area (Å²) in [5, 5.41) is 3.45. The molecule has 0 spiro atoms. The average molecular weight is 292 g/mol. The molecule has 1 aromatic heterocycles. The number of nitrogens with one attached hydrogen (secondary N) is 1. The summed E-state index contributed by atoms with van der Waals surface area (Å²) in [6, 6.07) is 0.386. The molecule has 0 radical (unpaired) electrons. The van der Waals surface area contributed by atoms with E-state index < -0.39 is 0 Å². The second kappa shape index (κ2) is 5.63. The summed E-state index contributed by atoms with van der Waals surface area (Å²) in [6.45, 7) is 7.54. The molecule has 1 aromatic rings. The van der Waals surface area contributed by atoms with E-state index in [0.29, 0.717) is 31.2 Å². The first-order chi connectivity index (χ1) is 10.0. The topological polar surface area (TPSA) is 89.2 Å². The standard InChI is InChI=1S/C14H24N6O/c1-14(2)5-3-4-10(14)16-12-17-11(15)18-13(19-12)20-6-8-21-9-7-20/h10H,3-9H2,1-2H3,(H3,15,16,17,18,19). The van der Waals surface area contributed by atoms with Crippen molar-refractivity contribution in [3.63, 3.8) is 0 Å². The van der Waals surface area contributed by atoms with Crippen LogP contribution in [0, 0.1) is 5.41 Å². The molecule has 1 saturated carbocycles. The number of aromatic nitrogens is 3. The van der Waals surface area contributed by atoms with Crippen molar-refractivity contribution in [2.45, 2.75) is 39.2 Å². The van der Waals surface area contributed by atoms with Crippen LogP contribution in [-0.2, 0) is 4.74 Å². The van der Waals surface area contributed by atoms with Gasteiger partial charge in [-0.15, -0.1) is 0 Å². The fourth-order valence-electron chi connectivity index (χ4n) is 3.10. The average Bonchev–Trinajstić information content (AvgIpc) is 2.78. The van der Waals surface area contributed by atoms with E-state index in [4.69, 9.17) is 10.5 Å². The number of morpholine rings is 1. The molecule has 1 aliphatic carbocycles. The number of ether oxygens (including phenoxy) is 1. The van der Waals surface area contributed by atoms with Gasteiger partial charge in [-0.2, -0.15) is 15.0 Å². The van der Waals surface area contributed by atoms with Gasteiger partial charge in [-0.25, -0.2) is 0 Å². The molecule has 1 atom stereocenters. The Morgan fingerprint density at radius 2 is 2.00 bits per heavy atom. The van der Waals surface area contributed by atoms with E-state index in [9.17, 15) is 0 Å². The number of nitrogens with two attached hydrogens (primary N) is 1. The van der Waals surface area contributed by atoms with Crippen LogP contribution in [0.4, 0.5) is 17.8 Å². The smallest absolute Gasteiger partial charge is 0.232 e. The van der Waals surface area contributed by atoms with Crippen LogP contribution in [-0.4, -0.2) is 47.3 Å². The largest absolute Gasteiger partial charge is 0.378 e. The highest BCUT2D eigenvalue weighted by molar-refractivity contribution is 5.43. The lowest BCUT2D eigenvalue weighted by molar-refractivity contribution is 0.122. The fourth-order valence-corrected chi connectivity index (χ4v) is 3.10. The van der Waals surface area contributed by atoms with E-state index in [2.05, 4.69) is 39.0 Å². The molecule has 3 rings (SSSR count). The van der Waals surface area contributed by atoms with E-state index in [-0.39, 0.29) is 11.4 Å². The maximum atomic E-state index is 5.85. The molecule has 116 valence electrons. The molecule has 2 aliphatic rings. The molecule has 1 aliphatic heterocycles.